The molecule has 1 aliphatic rings. The van der Waals surface area contributed by atoms with Crippen molar-refractivity contribution in [3.63, 3.8) is 0 Å². The van der Waals surface area contributed by atoms with Crippen LogP contribution in [0.2, 0.25) is 0 Å². The van der Waals surface area contributed by atoms with Crippen LogP contribution in [0.25, 0.3) is 11.3 Å². The van der Waals surface area contributed by atoms with Gasteiger partial charge in [-0.2, -0.15) is 5.10 Å². The maximum Gasteiger partial charge on any atom is 0.245 e. The van der Waals surface area contributed by atoms with Crippen LogP contribution < -0.4 is 4.90 Å². The average Bonchev–Trinajstić information content (AvgIpc) is 2.61. The van der Waals surface area contributed by atoms with Crippen molar-refractivity contribution in [3.05, 3.63) is 36.0 Å². The summed E-state index contributed by atoms with van der Waals surface area (Å²) in [5.74, 6) is 1.58. The van der Waals surface area contributed by atoms with E-state index in [4.69, 9.17) is 4.98 Å². The van der Waals surface area contributed by atoms with Crippen molar-refractivity contribution in [1.82, 2.24) is 20.1 Å². The van der Waals surface area contributed by atoms with Gasteiger partial charge in [-0.1, -0.05) is 24.3 Å². The Morgan fingerprint density at radius 2 is 1.92 bits per heavy atom. The summed E-state index contributed by atoms with van der Waals surface area (Å²) in [5, 5.41) is 8.47. The first kappa shape index (κ1) is 16.8. The number of piperidine rings is 1. The molecule has 1 aliphatic heterocycles. The van der Waals surface area contributed by atoms with Gasteiger partial charge in [0.25, 0.3) is 0 Å². The summed E-state index contributed by atoms with van der Waals surface area (Å²) in [5.41, 5.74) is 3.26. The van der Waals surface area contributed by atoms with Gasteiger partial charge in [-0.15, -0.1) is 5.10 Å². The van der Waals surface area contributed by atoms with Crippen molar-refractivity contribution in [3.8, 4) is 11.3 Å². The molecule has 0 radical (unpaired) electrons. The number of aryl methyl sites for hydroxylation is 1. The molecule has 24 heavy (non-hydrogen) atoms. The molecule has 2 aromatic rings. The smallest absolute Gasteiger partial charge is 0.245 e. The molecule has 0 saturated carbocycles. The van der Waals surface area contributed by atoms with Crippen molar-refractivity contribution in [2.45, 2.75) is 26.2 Å². The van der Waals surface area contributed by atoms with E-state index in [-0.39, 0.29) is 0 Å². The Bertz CT molecular complexity index is 662. The number of hydrogen-bond acceptors (Lipinski definition) is 5. The molecule has 0 atom stereocenters. The van der Waals surface area contributed by atoms with E-state index in [0.717, 1.165) is 36.2 Å². The van der Waals surface area contributed by atoms with Crippen LogP contribution in [-0.2, 0) is 0 Å². The lowest BCUT2D eigenvalue weighted by Gasteiger charge is -2.32. The summed E-state index contributed by atoms with van der Waals surface area (Å²) in [6, 6.07) is 8.29. The highest BCUT2D eigenvalue weighted by molar-refractivity contribution is 5.63. The zero-order valence-electron chi connectivity index (χ0n) is 14.9. The van der Waals surface area contributed by atoms with Crippen LogP contribution in [0.4, 0.5) is 5.95 Å². The van der Waals surface area contributed by atoms with Crippen LogP contribution in [0, 0.1) is 12.8 Å². The topological polar surface area (TPSA) is 45.2 Å². The van der Waals surface area contributed by atoms with Crippen LogP contribution in [0.15, 0.2) is 30.5 Å². The Morgan fingerprint density at radius 1 is 1.17 bits per heavy atom. The van der Waals surface area contributed by atoms with E-state index in [9.17, 15) is 0 Å². The number of aromatic nitrogens is 3. The first-order chi connectivity index (χ1) is 11.6. The number of anilines is 1. The molecule has 0 amide bonds. The number of nitrogens with zero attached hydrogens (tertiary/aromatic N) is 5. The van der Waals surface area contributed by atoms with Gasteiger partial charge in [0.2, 0.25) is 5.95 Å². The highest BCUT2D eigenvalue weighted by atomic mass is 15.3. The van der Waals surface area contributed by atoms with E-state index in [0.29, 0.717) is 0 Å². The quantitative estimate of drug-likeness (QED) is 0.845. The van der Waals surface area contributed by atoms with Gasteiger partial charge in [-0.25, -0.2) is 4.98 Å². The normalized spacial score (nSPS) is 15.9. The summed E-state index contributed by atoms with van der Waals surface area (Å²) < 4.78 is 0. The molecule has 0 unspecified atom stereocenters. The van der Waals surface area contributed by atoms with Crippen LogP contribution in [-0.4, -0.2) is 53.8 Å². The van der Waals surface area contributed by atoms with Crippen LogP contribution in [0.3, 0.4) is 0 Å². The molecule has 3 rings (SSSR count). The highest BCUT2D eigenvalue weighted by Crippen LogP contribution is 2.25. The first-order valence-corrected chi connectivity index (χ1v) is 8.79. The molecule has 0 spiro atoms. The molecular formula is C19H27N5. The third kappa shape index (κ3) is 4.09. The minimum atomic E-state index is 0.766. The van der Waals surface area contributed by atoms with Gasteiger partial charge in [-0.05, 0) is 58.3 Å². The van der Waals surface area contributed by atoms with E-state index >= 15 is 0 Å². The lowest BCUT2D eigenvalue weighted by Crippen LogP contribution is -2.35. The summed E-state index contributed by atoms with van der Waals surface area (Å²) in [7, 11) is 4.29. The Kier molecular flexibility index (Phi) is 5.41. The fourth-order valence-electron chi connectivity index (χ4n) is 3.28. The van der Waals surface area contributed by atoms with Gasteiger partial charge in [0.05, 0.1) is 11.9 Å². The SMILES string of the molecule is Cc1ccccc1-c1cnnc(N2CCC(CCN(C)C)CC2)n1. The molecular weight excluding hydrogens is 298 g/mol. The van der Waals surface area contributed by atoms with E-state index in [1.165, 1.54) is 31.4 Å². The Hall–Kier alpha value is -2.01. The average molecular weight is 325 g/mol. The fraction of sp³-hybridized carbons (Fsp3) is 0.526. The maximum absolute atomic E-state index is 4.77. The largest absolute Gasteiger partial charge is 0.339 e. The number of benzene rings is 1. The summed E-state index contributed by atoms with van der Waals surface area (Å²) in [6.07, 6.45) is 5.47. The number of rotatable bonds is 5. The van der Waals surface area contributed by atoms with Gasteiger partial charge in [0.15, 0.2) is 0 Å². The van der Waals surface area contributed by atoms with Crippen LogP contribution in [0.1, 0.15) is 24.8 Å². The van der Waals surface area contributed by atoms with Crippen LogP contribution in [0.5, 0.6) is 0 Å². The summed E-state index contributed by atoms with van der Waals surface area (Å²) in [4.78, 5) is 9.32. The maximum atomic E-state index is 4.77. The Labute approximate surface area is 144 Å². The van der Waals surface area contributed by atoms with Crippen molar-refractivity contribution >= 4 is 5.95 Å². The highest BCUT2D eigenvalue weighted by Gasteiger charge is 2.21. The van der Waals surface area contributed by atoms with Gasteiger partial charge in [0, 0.05) is 18.7 Å². The Morgan fingerprint density at radius 3 is 2.62 bits per heavy atom. The fourth-order valence-corrected chi connectivity index (χ4v) is 3.28. The van der Waals surface area contributed by atoms with E-state index in [2.05, 4.69) is 53.1 Å². The number of hydrogen-bond donors (Lipinski definition) is 0. The lowest BCUT2D eigenvalue weighted by atomic mass is 9.93. The second-order valence-electron chi connectivity index (χ2n) is 6.98. The predicted octanol–water partition coefficient (Wildman–Crippen LogP) is 3.02. The van der Waals surface area contributed by atoms with E-state index < -0.39 is 0 Å². The molecule has 1 fully saturated rings. The second kappa shape index (κ2) is 7.71. The minimum Gasteiger partial charge on any atom is -0.339 e. The molecule has 2 heterocycles. The van der Waals surface area contributed by atoms with Gasteiger partial charge in [-0.3, -0.25) is 0 Å². The second-order valence-corrected chi connectivity index (χ2v) is 6.98. The van der Waals surface area contributed by atoms with Gasteiger partial charge < -0.3 is 9.80 Å². The first-order valence-electron chi connectivity index (χ1n) is 8.79. The Balaban J connectivity index is 1.67. The summed E-state index contributed by atoms with van der Waals surface area (Å²) >= 11 is 0. The van der Waals surface area contributed by atoms with Crippen molar-refractivity contribution in [1.29, 1.82) is 0 Å². The molecule has 5 nitrogen and oxygen atoms in total. The lowest BCUT2D eigenvalue weighted by molar-refractivity contribution is 0.312. The molecule has 1 saturated heterocycles. The molecule has 0 aliphatic carbocycles. The van der Waals surface area contributed by atoms with Crippen molar-refractivity contribution < 1.29 is 0 Å². The molecule has 0 N–H and O–H groups in total. The molecule has 128 valence electrons. The van der Waals surface area contributed by atoms with Crippen LogP contribution >= 0.6 is 0 Å². The molecule has 1 aromatic heterocycles. The van der Waals surface area contributed by atoms with Crippen molar-refractivity contribution in [2.24, 2.45) is 5.92 Å². The monoisotopic (exact) mass is 325 g/mol. The van der Waals surface area contributed by atoms with E-state index in [1.807, 2.05) is 12.1 Å². The third-order valence-corrected chi connectivity index (χ3v) is 4.85. The standard InChI is InChI=1S/C19H27N5/c1-15-6-4-5-7-17(15)18-14-20-22-19(21-18)24-12-9-16(10-13-24)8-11-23(2)3/h4-7,14,16H,8-13H2,1-3H3. The van der Waals surface area contributed by atoms with Gasteiger partial charge >= 0.3 is 0 Å². The predicted molar refractivity (Wildman–Crippen MR) is 98.1 cm³/mol. The molecule has 0 bridgehead atoms. The van der Waals surface area contributed by atoms with Crippen molar-refractivity contribution in [2.75, 3.05) is 38.6 Å². The zero-order valence-corrected chi connectivity index (χ0v) is 14.9. The minimum absolute atomic E-state index is 0.766. The van der Waals surface area contributed by atoms with E-state index in [1.54, 1.807) is 6.20 Å². The third-order valence-electron chi connectivity index (χ3n) is 4.85. The zero-order chi connectivity index (χ0) is 16.9. The molecule has 1 aromatic carbocycles. The summed E-state index contributed by atoms with van der Waals surface area (Å²) in [6.45, 7) is 5.33. The molecule has 5 heteroatoms. The van der Waals surface area contributed by atoms with Gasteiger partial charge in [0.1, 0.15) is 0 Å².